The lowest BCUT2D eigenvalue weighted by Crippen LogP contribution is -2.47. The van der Waals surface area contributed by atoms with Crippen molar-refractivity contribution in [1.29, 1.82) is 0 Å². The maximum absolute atomic E-state index is 12.6. The van der Waals surface area contributed by atoms with E-state index in [0.29, 0.717) is 16.0 Å². The van der Waals surface area contributed by atoms with Gasteiger partial charge in [-0.3, -0.25) is 14.5 Å². The Labute approximate surface area is 123 Å². The third-order valence-corrected chi connectivity index (χ3v) is 3.30. The second kappa shape index (κ2) is 5.55. The molecule has 21 heavy (non-hydrogen) atoms. The third kappa shape index (κ3) is 3.29. The Morgan fingerprint density at radius 3 is 2.62 bits per heavy atom. The van der Waals surface area contributed by atoms with Crippen molar-refractivity contribution in [1.82, 2.24) is 4.90 Å². The highest BCUT2D eigenvalue weighted by molar-refractivity contribution is 6.30. The van der Waals surface area contributed by atoms with E-state index in [1.54, 1.807) is 12.1 Å². The van der Waals surface area contributed by atoms with Gasteiger partial charge in [0.25, 0.3) is 0 Å². The van der Waals surface area contributed by atoms with Crippen molar-refractivity contribution >= 4 is 23.5 Å². The first-order valence-electron chi connectivity index (χ1n) is 6.03. The van der Waals surface area contributed by atoms with E-state index in [9.17, 15) is 22.8 Å². The summed E-state index contributed by atoms with van der Waals surface area (Å²) >= 11 is 5.83. The summed E-state index contributed by atoms with van der Waals surface area (Å²) in [6.45, 7) is 0.875. The molecule has 0 aliphatic carbocycles. The molecule has 0 fully saturated rings. The van der Waals surface area contributed by atoms with Gasteiger partial charge in [0.1, 0.15) is 0 Å². The monoisotopic (exact) mass is 321 g/mol. The summed E-state index contributed by atoms with van der Waals surface area (Å²) in [5, 5.41) is 0.284. The smallest absolute Gasteiger partial charge is 0.437 e. The maximum atomic E-state index is 12.6. The van der Waals surface area contributed by atoms with Gasteiger partial charge in [-0.25, -0.2) is 0 Å². The zero-order valence-electron chi connectivity index (χ0n) is 10.9. The van der Waals surface area contributed by atoms with Crippen LogP contribution in [0.15, 0.2) is 18.2 Å². The highest BCUT2D eigenvalue weighted by atomic mass is 35.5. The summed E-state index contributed by atoms with van der Waals surface area (Å²) in [5.41, 5.74) is 0.985. The molecule has 0 aromatic heterocycles. The first-order valence-corrected chi connectivity index (χ1v) is 6.41. The summed E-state index contributed by atoms with van der Waals surface area (Å²) in [6, 6.07) is 4.64. The molecule has 1 atom stereocenters. The van der Waals surface area contributed by atoms with Crippen molar-refractivity contribution < 1.29 is 27.5 Å². The van der Waals surface area contributed by atoms with Gasteiger partial charge >= 0.3 is 18.1 Å². The van der Waals surface area contributed by atoms with Crippen LogP contribution in [-0.2, 0) is 20.7 Å². The van der Waals surface area contributed by atoms with Crippen LogP contribution >= 0.6 is 11.6 Å². The molecule has 2 rings (SSSR count). The molecule has 1 unspecified atom stereocenters. The summed E-state index contributed by atoms with van der Waals surface area (Å²) < 4.78 is 42.8. The van der Waals surface area contributed by atoms with Gasteiger partial charge in [0.15, 0.2) is 0 Å². The molecule has 0 saturated carbocycles. The Bertz CT molecular complexity index is 589. The first-order chi connectivity index (χ1) is 9.70. The van der Waals surface area contributed by atoms with E-state index in [1.807, 2.05) is 0 Å². The summed E-state index contributed by atoms with van der Waals surface area (Å²) in [7, 11) is 0. The molecule has 1 amide bonds. The summed E-state index contributed by atoms with van der Waals surface area (Å²) in [4.78, 5) is 23.1. The molecule has 114 valence electrons. The second-order valence-electron chi connectivity index (χ2n) is 4.55. The molecule has 1 aliphatic rings. The van der Waals surface area contributed by atoms with E-state index in [2.05, 4.69) is 0 Å². The number of esters is 1. The first kappa shape index (κ1) is 15.6. The van der Waals surface area contributed by atoms with Crippen molar-refractivity contribution in [2.75, 3.05) is 6.54 Å². The number of carbonyl (C=O) groups is 2. The standard InChI is InChI=1S/C13H11ClF3NO3/c1-7(19)21-11-10-6-9(14)3-2-8(10)4-5-18(11)12(20)13(15,16)17/h2-3,6,11H,4-5H2,1H3. The van der Waals surface area contributed by atoms with E-state index in [-0.39, 0.29) is 18.0 Å². The normalized spacial score (nSPS) is 18.1. The van der Waals surface area contributed by atoms with Crippen LogP contribution in [0.3, 0.4) is 0 Å². The highest BCUT2D eigenvalue weighted by Crippen LogP contribution is 2.35. The van der Waals surface area contributed by atoms with Crippen molar-refractivity contribution in [2.45, 2.75) is 25.7 Å². The van der Waals surface area contributed by atoms with Crippen LogP contribution in [-0.4, -0.2) is 29.5 Å². The van der Waals surface area contributed by atoms with Gasteiger partial charge in [-0.15, -0.1) is 0 Å². The zero-order valence-corrected chi connectivity index (χ0v) is 11.7. The van der Waals surface area contributed by atoms with Crippen LogP contribution in [0.5, 0.6) is 0 Å². The van der Waals surface area contributed by atoms with Gasteiger partial charge < -0.3 is 4.74 Å². The Kier molecular flexibility index (Phi) is 4.13. The molecular formula is C13H11ClF3NO3. The van der Waals surface area contributed by atoms with E-state index >= 15 is 0 Å². The van der Waals surface area contributed by atoms with Gasteiger partial charge in [0, 0.05) is 24.1 Å². The van der Waals surface area contributed by atoms with Gasteiger partial charge in [-0.1, -0.05) is 17.7 Å². The molecule has 0 N–H and O–H groups in total. The minimum atomic E-state index is -5.03. The Morgan fingerprint density at radius 1 is 1.38 bits per heavy atom. The molecule has 1 heterocycles. The molecule has 4 nitrogen and oxygen atoms in total. The fraction of sp³-hybridized carbons (Fsp3) is 0.385. The van der Waals surface area contributed by atoms with Gasteiger partial charge in [-0.2, -0.15) is 13.2 Å². The number of ether oxygens (including phenoxy) is 1. The Balaban J connectivity index is 2.44. The topological polar surface area (TPSA) is 46.6 Å². The lowest BCUT2D eigenvalue weighted by molar-refractivity contribution is -0.200. The molecule has 1 aromatic carbocycles. The molecule has 1 aliphatic heterocycles. The zero-order chi connectivity index (χ0) is 15.8. The fourth-order valence-electron chi connectivity index (χ4n) is 2.20. The van der Waals surface area contributed by atoms with Crippen LogP contribution in [0.25, 0.3) is 0 Å². The number of benzene rings is 1. The molecule has 0 saturated heterocycles. The Morgan fingerprint density at radius 2 is 2.05 bits per heavy atom. The lowest BCUT2D eigenvalue weighted by atomic mass is 9.98. The van der Waals surface area contributed by atoms with E-state index in [4.69, 9.17) is 16.3 Å². The molecular weight excluding hydrogens is 311 g/mol. The molecule has 1 aromatic rings. The van der Waals surface area contributed by atoms with Crippen LogP contribution in [0, 0.1) is 0 Å². The van der Waals surface area contributed by atoms with Crippen molar-refractivity contribution in [3.05, 3.63) is 34.3 Å². The van der Waals surface area contributed by atoms with Crippen LogP contribution in [0.2, 0.25) is 5.02 Å². The minimum Gasteiger partial charge on any atom is -0.437 e. The van der Waals surface area contributed by atoms with Crippen LogP contribution in [0.4, 0.5) is 13.2 Å². The number of nitrogens with zero attached hydrogens (tertiary/aromatic N) is 1. The number of fused-ring (bicyclic) bond motifs is 1. The summed E-state index contributed by atoms with van der Waals surface area (Å²) in [6.07, 6.45) is -6.22. The van der Waals surface area contributed by atoms with Crippen LogP contribution in [0.1, 0.15) is 24.3 Å². The number of hydrogen-bond acceptors (Lipinski definition) is 3. The molecule has 0 bridgehead atoms. The molecule has 0 spiro atoms. The number of halogens is 4. The summed E-state index contributed by atoms with van der Waals surface area (Å²) in [5.74, 6) is -2.83. The Hall–Kier alpha value is -1.76. The number of amides is 1. The fourth-order valence-corrected chi connectivity index (χ4v) is 2.39. The predicted molar refractivity (Wildman–Crippen MR) is 67.4 cm³/mol. The maximum Gasteiger partial charge on any atom is 0.471 e. The van der Waals surface area contributed by atoms with Crippen molar-refractivity contribution in [2.24, 2.45) is 0 Å². The predicted octanol–water partition coefficient (Wildman–Crippen LogP) is 2.85. The van der Waals surface area contributed by atoms with E-state index < -0.39 is 24.3 Å². The number of alkyl halides is 3. The van der Waals surface area contributed by atoms with Gasteiger partial charge in [-0.05, 0) is 24.1 Å². The van der Waals surface area contributed by atoms with Crippen LogP contribution < -0.4 is 0 Å². The largest absolute Gasteiger partial charge is 0.471 e. The molecule has 8 heteroatoms. The average molecular weight is 322 g/mol. The lowest BCUT2D eigenvalue weighted by Gasteiger charge is -2.36. The van der Waals surface area contributed by atoms with Gasteiger partial charge in [0.05, 0.1) is 0 Å². The molecule has 0 radical (unpaired) electrons. The SMILES string of the molecule is CC(=O)OC1c2cc(Cl)ccc2CCN1C(=O)C(F)(F)F. The minimum absolute atomic E-state index is 0.190. The number of rotatable bonds is 1. The van der Waals surface area contributed by atoms with Gasteiger partial charge in [0.2, 0.25) is 6.23 Å². The van der Waals surface area contributed by atoms with E-state index in [1.165, 1.54) is 6.07 Å². The second-order valence-corrected chi connectivity index (χ2v) is 4.99. The average Bonchev–Trinajstić information content (AvgIpc) is 2.37. The van der Waals surface area contributed by atoms with Crippen molar-refractivity contribution in [3.8, 4) is 0 Å². The van der Waals surface area contributed by atoms with E-state index in [0.717, 1.165) is 6.92 Å². The highest BCUT2D eigenvalue weighted by Gasteiger charge is 2.47. The number of carbonyl (C=O) groups excluding carboxylic acids is 2. The quantitative estimate of drug-likeness (QED) is 0.747. The number of hydrogen-bond donors (Lipinski definition) is 0. The van der Waals surface area contributed by atoms with Crippen molar-refractivity contribution in [3.63, 3.8) is 0 Å². The third-order valence-electron chi connectivity index (χ3n) is 3.06.